The molecule has 5 heteroatoms. The number of carbonyl (C=O) groups is 2. The van der Waals surface area contributed by atoms with Gasteiger partial charge in [0.15, 0.2) is 0 Å². The summed E-state index contributed by atoms with van der Waals surface area (Å²) in [7, 11) is 0. The lowest BCUT2D eigenvalue weighted by molar-refractivity contribution is -0.146. The van der Waals surface area contributed by atoms with Crippen LogP contribution in [0.25, 0.3) is 0 Å². The van der Waals surface area contributed by atoms with Crippen molar-refractivity contribution in [2.45, 2.75) is 19.3 Å². The van der Waals surface area contributed by atoms with E-state index in [1.54, 1.807) is 4.90 Å². The van der Waals surface area contributed by atoms with Crippen LogP contribution in [-0.2, 0) is 9.59 Å². The number of hydrogen-bond acceptors (Lipinski definition) is 3. The Labute approximate surface area is 112 Å². The van der Waals surface area contributed by atoms with Gasteiger partial charge in [-0.15, -0.1) is 0 Å². The minimum atomic E-state index is -0.672. The standard InChI is InChI=1S/C14H17N3O2/c18-13(14(19)17-9-5-2-6-10-17)16-15-11-12-7-3-1-4-8-12/h1,3-4,7-8,11H,2,5-6,9-10H2,(H,16,18)/b15-11+. The predicted octanol–water partition coefficient (Wildman–Crippen LogP) is 1.15. The molecule has 2 amide bonds. The first kappa shape index (κ1) is 13.3. The van der Waals surface area contributed by atoms with E-state index < -0.39 is 11.8 Å². The minimum Gasteiger partial charge on any atom is -0.334 e. The molecule has 1 aromatic carbocycles. The van der Waals surface area contributed by atoms with Crippen molar-refractivity contribution in [2.75, 3.05) is 13.1 Å². The third-order valence-electron chi connectivity index (χ3n) is 3.02. The fourth-order valence-electron chi connectivity index (χ4n) is 1.99. The molecule has 0 aliphatic carbocycles. The summed E-state index contributed by atoms with van der Waals surface area (Å²) in [6.07, 6.45) is 4.57. The summed E-state index contributed by atoms with van der Waals surface area (Å²) in [6.45, 7) is 1.32. The fraction of sp³-hybridized carbons (Fsp3) is 0.357. The van der Waals surface area contributed by atoms with E-state index in [9.17, 15) is 9.59 Å². The molecule has 0 atom stereocenters. The Balaban J connectivity index is 1.83. The Hall–Kier alpha value is -2.17. The zero-order valence-corrected chi connectivity index (χ0v) is 10.7. The van der Waals surface area contributed by atoms with Crippen molar-refractivity contribution in [3.05, 3.63) is 35.9 Å². The third-order valence-corrected chi connectivity index (χ3v) is 3.02. The van der Waals surface area contributed by atoms with E-state index in [0.29, 0.717) is 13.1 Å². The Morgan fingerprint density at radius 2 is 1.79 bits per heavy atom. The largest absolute Gasteiger partial charge is 0.334 e. The average Bonchev–Trinajstić information content (AvgIpc) is 2.48. The zero-order valence-electron chi connectivity index (χ0n) is 10.7. The van der Waals surface area contributed by atoms with E-state index >= 15 is 0 Å². The first-order valence-electron chi connectivity index (χ1n) is 6.45. The molecule has 19 heavy (non-hydrogen) atoms. The van der Waals surface area contributed by atoms with Gasteiger partial charge in [0.05, 0.1) is 6.21 Å². The molecule has 1 heterocycles. The number of amides is 2. The lowest BCUT2D eigenvalue weighted by Crippen LogP contribution is -2.43. The number of nitrogens with one attached hydrogen (secondary N) is 1. The van der Waals surface area contributed by atoms with Crippen molar-refractivity contribution in [2.24, 2.45) is 5.10 Å². The van der Waals surface area contributed by atoms with Crippen molar-refractivity contribution < 1.29 is 9.59 Å². The molecule has 1 fully saturated rings. The van der Waals surface area contributed by atoms with Crippen LogP contribution in [0.4, 0.5) is 0 Å². The Morgan fingerprint density at radius 1 is 1.11 bits per heavy atom. The summed E-state index contributed by atoms with van der Waals surface area (Å²) in [4.78, 5) is 25.0. The van der Waals surface area contributed by atoms with Gasteiger partial charge in [-0.2, -0.15) is 5.10 Å². The van der Waals surface area contributed by atoms with Gasteiger partial charge in [-0.3, -0.25) is 9.59 Å². The van der Waals surface area contributed by atoms with Gasteiger partial charge < -0.3 is 4.90 Å². The van der Waals surface area contributed by atoms with Gasteiger partial charge in [0.2, 0.25) is 0 Å². The molecule has 0 bridgehead atoms. The second-order valence-corrected chi connectivity index (χ2v) is 4.46. The van der Waals surface area contributed by atoms with Gasteiger partial charge in [-0.05, 0) is 24.8 Å². The normalized spacial score (nSPS) is 15.5. The smallest absolute Gasteiger partial charge is 0.329 e. The van der Waals surface area contributed by atoms with E-state index in [4.69, 9.17) is 0 Å². The monoisotopic (exact) mass is 259 g/mol. The first-order chi connectivity index (χ1) is 9.27. The Morgan fingerprint density at radius 3 is 2.47 bits per heavy atom. The van der Waals surface area contributed by atoms with Crippen LogP contribution in [0.5, 0.6) is 0 Å². The topological polar surface area (TPSA) is 61.8 Å². The number of likely N-dealkylation sites (tertiary alicyclic amines) is 1. The number of hydrogen-bond donors (Lipinski definition) is 1. The van der Waals surface area contributed by atoms with Crippen LogP contribution in [-0.4, -0.2) is 36.0 Å². The van der Waals surface area contributed by atoms with Crippen molar-refractivity contribution >= 4 is 18.0 Å². The predicted molar refractivity (Wildman–Crippen MR) is 72.6 cm³/mol. The maximum absolute atomic E-state index is 11.8. The first-order valence-corrected chi connectivity index (χ1v) is 6.45. The van der Waals surface area contributed by atoms with E-state index in [1.165, 1.54) is 6.21 Å². The molecule has 0 saturated carbocycles. The van der Waals surface area contributed by atoms with E-state index in [2.05, 4.69) is 10.5 Å². The van der Waals surface area contributed by atoms with Crippen LogP contribution in [0.15, 0.2) is 35.4 Å². The number of piperidine rings is 1. The zero-order chi connectivity index (χ0) is 13.5. The molecule has 100 valence electrons. The molecule has 1 N–H and O–H groups in total. The second kappa shape index (κ2) is 6.68. The van der Waals surface area contributed by atoms with E-state index in [0.717, 1.165) is 24.8 Å². The highest BCUT2D eigenvalue weighted by molar-refractivity contribution is 6.35. The number of benzene rings is 1. The lowest BCUT2D eigenvalue weighted by Gasteiger charge is -2.25. The van der Waals surface area contributed by atoms with Crippen molar-refractivity contribution in [3.8, 4) is 0 Å². The lowest BCUT2D eigenvalue weighted by atomic mass is 10.1. The van der Waals surface area contributed by atoms with Crippen LogP contribution < -0.4 is 5.43 Å². The van der Waals surface area contributed by atoms with Crippen molar-refractivity contribution in [1.82, 2.24) is 10.3 Å². The Bertz CT molecular complexity index is 465. The molecule has 2 rings (SSSR count). The summed E-state index contributed by atoms with van der Waals surface area (Å²) in [5.41, 5.74) is 3.14. The van der Waals surface area contributed by atoms with Gasteiger partial charge in [-0.25, -0.2) is 5.43 Å². The molecule has 1 aromatic rings. The van der Waals surface area contributed by atoms with Gasteiger partial charge in [-0.1, -0.05) is 30.3 Å². The van der Waals surface area contributed by atoms with Gasteiger partial charge in [0, 0.05) is 13.1 Å². The van der Waals surface area contributed by atoms with Crippen LogP contribution in [0, 0.1) is 0 Å². The summed E-state index contributed by atoms with van der Waals surface area (Å²) in [5, 5.41) is 3.79. The van der Waals surface area contributed by atoms with Gasteiger partial charge >= 0.3 is 11.8 Å². The maximum atomic E-state index is 11.8. The summed E-state index contributed by atoms with van der Waals surface area (Å²) >= 11 is 0. The molecule has 5 nitrogen and oxygen atoms in total. The van der Waals surface area contributed by atoms with E-state index in [-0.39, 0.29) is 0 Å². The quantitative estimate of drug-likeness (QED) is 0.492. The van der Waals surface area contributed by atoms with Crippen molar-refractivity contribution in [3.63, 3.8) is 0 Å². The number of nitrogens with zero attached hydrogens (tertiary/aromatic N) is 2. The van der Waals surface area contributed by atoms with Crippen LogP contribution in [0.2, 0.25) is 0 Å². The second-order valence-electron chi connectivity index (χ2n) is 4.46. The Kier molecular flexibility index (Phi) is 4.66. The van der Waals surface area contributed by atoms with Gasteiger partial charge in [0.25, 0.3) is 0 Å². The van der Waals surface area contributed by atoms with E-state index in [1.807, 2.05) is 30.3 Å². The molecular weight excluding hydrogens is 242 g/mol. The number of carbonyl (C=O) groups excluding carboxylic acids is 2. The van der Waals surface area contributed by atoms with Crippen LogP contribution >= 0.6 is 0 Å². The molecular formula is C14H17N3O2. The highest BCUT2D eigenvalue weighted by Gasteiger charge is 2.22. The number of hydrazone groups is 1. The summed E-state index contributed by atoms with van der Waals surface area (Å²) in [5.74, 6) is -1.17. The van der Waals surface area contributed by atoms with Gasteiger partial charge in [0.1, 0.15) is 0 Å². The molecule has 1 aliphatic heterocycles. The molecule has 1 aliphatic rings. The molecule has 0 aromatic heterocycles. The fourth-order valence-corrected chi connectivity index (χ4v) is 1.99. The minimum absolute atomic E-state index is 0.495. The molecule has 0 radical (unpaired) electrons. The van der Waals surface area contributed by atoms with Crippen LogP contribution in [0.3, 0.4) is 0 Å². The average molecular weight is 259 g/mol. The molecule has 0 spiro atoms. The number of rotatable bonds is 2. The highest BCUT2D eigenvalue weighted by atomic mass is 16.2. The third kappa shape index (κ3) is 3.91. The maximum Gasteiger partial charge on any atom is 0.329 e. The summed E-state index contributed by atoms with van der Waals surface area (Å²) < 4.78 is 0. The molecule has 1 saturated heterocycles. The van der Waals surface area contributed by atoms with Crippen molar-refractivity contribution in [1.29, 1.82) is 0 Å². The summed E-state index contributed by atoms with van der Waals surface area (Å²) in [6, 6.07) is 9.38. The molecule has 0 unspecified atom stereocenters. The highest BCUT2D eigenvalue weighted by Crippen LogP contribution is 2.08. The SMILES string of the molecule is O=C(N/N=C/c1ccccc1)C(=O)N1CCCCC1. The van der Waals surface area contributed by atoms with Crippen LogP contribution in [0.1, 0.15) is 24.8 Å².